The van der Waals surface area contributed by atoms with Crippen LogP contribution in [0.15, 0.2) is 24.5 Å². The van der Waals surface area contributed by atoms with Gasteiger partial charge in [-0.2, -0.15) is 5.10 Å². The predicted octanol–water partition coefficient (Wildman–Crippen LogP) is 2.30. The minimum atomic E-state index is -0.483. The number of anilines is 1. The summed E-state index contributed by atoms with van der Waals surface area (Å²) in [6.45, 7) is 2.76. The van der Waals surface area contributed by atoms with Crippen LogP contribution in [0, 0.1) is 5.82 Å². The Morgan fingerprint density at radius 3 is 2.76 bits per heavy atom. The molecule has 0 atom stereocenters. The number of aryl methyl sites for hydroxylation is 1. The summed E-state index contributed by atoms with van der Waals surface area (Å²) in [4.78, 5) is 0. The lowest BCUT2D eigenvalue weighted by molar-refractivity contribution is 0.414. The van der Waals surface area contributed by atoms with Gasteiger partial charge < -0.3 is 10.5 Å². The summed E-state index contributed by atoms with van der Waals surface area (Å²) in [5, 5.41) is 4.14. The highest BCUT2D eigenvalue weighted by atomic mass is 19.1. The third-order valence-electron chi connectivity index (χ3n) is 2.60. The average Bonchev–Trinajstić information content (AvgIpc) is 2.81. The fraction of sp³-hybridized carbons (Fsp3) is 0.250. The standard InChI is InChI=1S/C12H14FN3O/c1-3-16-7-9(6-15-16)8-4-10(13)12(14)11(5-8)17-2/h4-7H,3,14H2,1-2H3. The van der Waals surface area contributed by atoms with Crippen LogP contribution in [0.4, 0.5) is 10.1 Å². The molecule has 0 aliphatic carbocycles. The maximum Gasteiger partial charge on any atom is 0.150 e. The maximum absolute atomic E-state index is 13.6. The van der Waals surface area contributed by atoms with Crippen molar-refractivity contribution in [1.29, 1.82) is 0 Å². The van der Waals surface area contributed by atoms with Crippen LogP contribution in [-0.4, -0.2) is 16.9 Å². The topological polar surface area (TPSA) is 53.1 Å². The summed E-state index contributed by atoms with van der Waals surface area (Å²) in [5.74, 6) is -0.146. The van der Waals surface area contributed by atoms with Crippen LogP contribution < -0.4 is 10.5 Å². The highest BCUT2D eigenvalue weighted by Crippen LogP contribution is 2.31. The highest BCUT2D eigenvalue weighted by Gasteiger charge is 2.10. The third kappa shape index (κ3) is 2.08. The van der Waals surface area contributed by atoms with E-state index in [0.717, 1.165) is 12.1 Å². The van der Waals surface area contributed by atoms with Crippen molar-refractivity contribution in [3.8, 4) is 16.9 Å². The molecule has 1 aromatic carbocycles. The minimum absolute atomic E-state index is 0.0270. The van der Waals surface area contributed by atoms with Crippen LogP contribution in [0.2, 0.25) is 0 Å². The van der Waals surface area contributed by atoms with Gasteiger partial charge in [-0.1, -0.05) is 0 Å². The molecule has 2 aromatic rings. The molecular formula is C12H14FN3O. The number of rotatable bonds is 3. The predicted molar refractivity (Wildman–Crippen MR) is 64.3 cm³/mol. The number of hydrogen-bond acceptors (Lipinski definition) is 3. The van der Waals surface area contributed by atoms with Crippen molar-refractivity contribution in [2.45, 2.75) is 13.5 Å². The molecule has 0 radical (unpaired) electrons. The smallest absolute Gasteiger partial charge is 0.150 e. The molecule has 1 heterocycles. The number of hydrogen-bond donors (Lipinski definition) is 1. The zero-order valence-electron chi connectivity index (χ0n) is 9.77. The summed E-state index contributed by atoms with van der Waals surface area (Å²) < 4.78 is 20.4. The number of aromatic nitrogens is 2. The molecule has 0 saturated carbocycles. The van der Waals surface area contributed by atoms with E-state index in [9.17, 15) is 4.39 Å². The van der Waals surface area contributed by atoms with Gasteiger partial charge in [-0.15, -0.1) is 0 Å². The van der Waals surface area contributed by atoms with Crippen LogP contribution in [0.3, 0.4) is 0 Å². The fourth-order valence-corrected chi connectivity index (χ4v) is 1.61. The number of nitrogen functional groups attached to an aromatic ring is 1. The molecule has 0 fully saturated rings. The molecule has 2 rings (SSSR count). The van der Waals surface area contributed by atoms with Crippen molar-refractivity contribution in [2.24, 2.45) is 0 Å². The van der Waals surface area contributed by atoms with Gasteiger partial charge in [0.05, 0.1) is 13.3 Å². The molecule has 17 heavy (non-hydrogen) atoms. The van der Waals surface area contributed by atoms with Crippen LogP contribution >= 0.6 is 0 Å². The number of nitrogens with zero attached hydrogens (tertiary/aromatic N) is 2. The van der Waals surface area contributed by atoms with E-state index in [-0.39, 0.29) is 5.69 Å². The lowest BCUT2D eigenvalue weighted by Crippen LogP contribution is -1.96. The average molecular weight is 235 g/mol. The van der Waals surface area contributed by atoms with E-state index in [1.807, 2.05) is 13.1 Å². The molecule has 0 unspecified atom stereocenters. The molecule has 90 valence electrons. The molecule has 0 aliphatic rings. The zero-order valence-corrected chi connectivity index (χ0v) is 9.77. The molecule has 0 saturated heterocycles. The summed E-state index contributed by atoms with van der Waals surface area (Å²) in [6, 6.07) is 3.09. The van der Waals surface area contributed by atoms with Crippen LogP contribution in [0.1, 0.15) is 6.92 Å². The number of nitrogens with two attached hydrogens (primary N) is 1. The van der Waals surface area contributed by atoms with Gasteiger partial charge in [0, 0.05) is 18.3 Å². The van der Waals surface area contributed by atoms with Gasteiger partial charge in [-0.3, -0.25) is 4.68 Å². The third-order valence-corrected chi connectivity index (χ3v) is 2.60. The first-order valence-electron chi connectivity index (χ1n) is 5.31. The van der Waals surface area contributed by atoms with E-state index in [1.54, 1.807) is 16.9 Å². The second-order valence-electron chi connectivity index (χ2n) is 3.66. The quantitative estimate of drug-likeness (QED) is 0.830. The summed E-state index contributed by atoms with van der Waals surface area (Å²) in [6.07, 6.45) is 3.54. The van der Waals surface area contributed by atoms with Gasteiger partial charge >= 0.3 is 0 Å². The van der Waals surface area contributed by atoms with Gasteiger partial charge in [0.25, 0.3) is 0 Å². The van der Waals surface area contributed by atoms with Crippen LogP contribution in [0.5, 0.6) is 5.75 Å². The van der Waals surface area contributed by atoms with Crippen molar-refractivity contribution in [2.75, 3.05) is 12.8 Å². The molecule has 4 nitrogen and oxygen atoms in total. The van der Waals surface area contributed by atoms with Gasteiger partial charge in [0.15, 0.2) is 5.82 Å². The Kier molecular flexibility index (Phi) is 2.99. The van der Waals surface area contributed by atoms with E-state index in [4.69, 9.17) is 10.5 Å². The maximum atomic E-state index is 13.6. The van der Waals surface area contributed by atoms with Gasteiger partial charge in [0.2, 0.25) is 0 Å². The van der Waals surface area contributed by atoms with E-state index in [1.165, 1.54) is 13.2 Å². The van der Waals surface area contributed by atoms with Crippen molar-refractivity contribution >= 4 is 5.69 Å². The molecule has 1 aromatic heterocycles. The SMILES string of the molecule is CCn1cc(-c2cc(F)c(N)c(OC)c2)cn1. The highest BCUT2D eigenvalue weighted by molar-refractivity contribution is 5.69. The Bertz CT molecular complexity index is 537. The first-order chi connectivity index (χ1) is 8.15. The second kappa shape index (κ2) is 4.45. The molecule has 2 N–H and O–H groups in total. The summed E-state index contributed by atoms with van der Waals surface area (Å²) >= 11 is 0. The Morgan fingerprint density at radius 1 is 1.41 bits per heavy atom. The fourth-order valence-electron chi connectivity index (χ4n) is 1.61. The van der Waals surface area contributed by atoms with Crippen molar-refractivity contribution in [1.82, 2.24) is 9.78 Å². The number of benzene rings is 1. The monoisotopic (exact) mass is 235 g/mol. The number of methoxy groups -OCH3 is 1. The number of ether oxygens (including phenoxy) is 1. The molecule has 0 spiro atoms. The second-order valence-corrected chi connectivity index (χ2v) is 3.66. The Balaban J connectivity index is 2.48. The number of halogens is 1. The van der Waals surface area contributed by atoms with Crippen LogP contribution in [0.25, 0.3) is 11.1 Å². The molecule has 0 bridgehead atoms. The van der Waals surface area contributed by atoms with Crippen molar-refractivity contribution in [3.63, 3.8) is 0 Å². The normalized spacial score (nSPS) is 10.5. The van der Waals surface area contributed by atoms with Crippen molar-refractivity contribution in [3.05, 3.63) is 30.3 Å². The molecule has 5 heteroatoms. The van der Waals surface area contributed by atoms with E-state index >= 15 is 0 Å². The largest absolute Gasteiger partial charge is 0.494 e. The molecular weight excluding hydrogens is 221 g/mol. The Labute approximate surface area is 98.8 Å². The first kappa shape index (κ1) is 11.4. The molecule has 0 aliphatic heterocycles. The van der Waals surface area contributed by atoms with E-state index < -0.39 is 5.82 Å². The summed E-state index contributed by atoms with van der Waals surface area (Å²) in [7, 11) is 1.46. The zero-order chi connectivity index (χ0) is 12.4. The van der Waals surface area contributed by atoms with Gasteiger partial charge in [0.1, 0.15) is 11.4 Å². The first-order valence-corrected chi connectivity index (χ1v) is 5.31. The lowest BCUT2D eigenvalue weighted by atomic mass is 10.1. The Morgan fingerprint density at radius 2 is 2.18 bits per heavy atom. The molecule has 0 amide bonds. The van der Waals surface area contributed by atoms with E-state index in [0.29, 0.717) is 11.3 Å². The van der Waals surface area contributed by atoms with Crippen LogP contribution in [-0.2, 0) is 6.54 Å². The lowest BCUT2D eigenvalue weighted by Gasteiger charge is -2.07. The van der Waals surface area contributed by atoms with E-state index in [2.05, 4.69) is 5.10 Å². The minimum Gasteiger partial charge on any atom is -0.494 e. The summed E-state index contributed by atoms with van der Waals surface area (Å²) in [5.41, 5.74) is 7.12. The van der Waals surface area contributed by atoms with Gasteiger partial charge in [-0.25, -0.2) is 4.39 Å². The Hall–Kier alpha value is -2.04. The van der Waals surface area contributed by atoms with Gasteiger partial charge in [-0.05, 0) is 24.6 Å². The van der Waals surface area contributed by atoms with Crippen molar-refractivity contribution < 1.29 is 9.13 Å².